The largest absolute Gasteiger partial charge is 0.379 e. The molecule has 0 aromatic carbocycles. The normalized spacial score (nSPS) is 19.9. The van der Waals surface area contributed by atoms with E-state index in [0.717, 1.165) is 152 Å². The Morgan fingerprint density at radius 1 is 0.302 bits per heavy atom. The van der Waals surface area contributed by atoms with Crippen LogP contribution in [0.3, 0.4) is 0 Å². The molecule has 129 heavy (non-hydrogen) atoms. The zero-order chi connectivity index (χ0) is 103. The monoisotopic (exact) mass is 1920 g/mol. The molecule has 0 aliphatic carbocycles. The van der Waals surface area contributed by atoms with Crippen molar-refractivity contribution in [1.82, 2.24) is 68.6 Å². The summed E-state index contributed by atoms with van der Waals surface area (Å²) in [4.78, 5) is 30.4. The van der Waals surface area contributed by atoms with Gasteiger partial charge in [-0.2, -0.15) is 22.2 Å². The van der Waals surface area contributed by atoms with Crippen LogP contribution in [0.1, 0.15) is 262 Å². The lowest BCUT2D eigenvalue weighted by molar-refractivity contribution is 0.0277. The molecule has 24 heteroatoms. The van der Waals surface area contributed by atoms with Crippen molar-refractivity contribution in [3.05, 3.63) is 147 Å². The van der Waals surface area contributed by atoms with Crippen LogP contribution in [0.2, 0.25) is 0 Å². The van der Waals surface area contributed by atoms with Gasteiger partial charge in [0.15, 0.2) is 0 Å². The smallest absolute Gasteiger partial charge is 0.118 e. The first-order valence-corrected chi connectivity index (χ1v) is 56.6. The van der Waals surface area contributed by atoms with Crippen LogP contribution in [0.4, 0.5) is 0 Å². The number of rotatable bonds is 0. The van der Waals surface area contributed by atoms with Gasteiger partial charge >= 0.3 is 0 Å². The van der Waals surface area contributed by atoms with Gasteiger partial charge in [0, 0.05) is 230 Å². The minimum Gasteiger partial charge on any atom is -0.379 e. The zero-order valence-corrected chi connectivity index (χ0v) is 97.3. The summed E-state index contributed by atoms with van der Waals surface area (Å²) in [5, 5.41) is 1.17. The molecule has 12 saturated heterocycles. The number of hydrogen-bond donors (Lipinski definition) is 0. The fourth-order valence-corrected chi connectivity index (χ4v) is 16.1. The first-order chi connectivity index (χ1) is 61.5. The van der Waals surface area contributed by atoms with Crippen molar-refractivity contribution in [2.75, 3.05) is 263 Å². The third-order valence-corrected chi connectivity index (χ3v) is 25.8. The topological polar surface area (TPSA) is 99.3 Å². The molecule has 0 amide bonds. The average molecular weight is 1920 g/mol. The molecule has 0 saturated carbocycles. The Kier molecular flexibility index (Phi) is 127. The van der Waals surface area contributed by atoms with Crippen molar-refractivity contribution in [2.24, 2.45) is 0 Å². The fraction of sp³-hybridized carbons (Fsp3) is 0.752. The van der Waals surface area contributed by atoms with Crippen LogP contribution in [0.25, 0.3) is 0 Å². The third-order valence-electron chi connectivity index (χ3n) is 19.1. The molecule has 12 aliphatic rings. The second kappa shape index (κ2) is 109. The lowest BCUT2D eigenvalue weighted by Crippen LogP contribution is -2.38. The van der Waals surface area contributed by atoms with Crippen LogP contribution in [-0.2, 0) is 28.5 Å². The van der Waals surface area contributed by atoms with Crippen molar-refractivity contribution in [3.63, 3.8) is 0 Å². The highest BCUT2D eigenvalue weighted by atomic mass is 32.2. The standard InChI is InChI=1S/C8H15N.C7H14N2.C7H13NOS.2C7H13NO.2C7H13NS.C7H13N.C6H12N2S.2C6H11NO.C6H11NS.12C2H6/c1-8-6-4-3-5-7-9(8)2;1-7-4-5-8(2)6-9(7)3;1-7-4-5-10(3,9)6-8(7)2;1-7-3-5-9-6-4-8(7)2;1-7-6-9-5-3-4-8(7)2;1-7-4-5-9(3)6-8(7)2;1-7-6-9-5-3-4-8(7)2;1-7-5-3-4-6-8(7)2;1-6-8(3)4-7(2)5-9-6;1-6-5-8-4-3-7(6)2;2*1-6-3-4-8-5-7(6)2;12*1-2/h1,3-7H2,2H3;1,4-6H2,2-3H3;1,3-6H2,2H3;4*1,3-6H2,2H3;1,3-6H2,2H3;1,4-5H2,2-3H3;3*1,3-5H2,2H3;12*1-2H3. The number of morpholine rings is 1. The van der Waals surface area contributed by atoms with Gasteiger partial charge in [-0.05, 0) is 118 Å². The van der Waals surface area contributed by atoms with Gasteiger partial charge in [-0.1, -0.05) is 269 Å². The number of likely N-dealkylation sites (N-methyl/N-ethyl adjacent to an activating group) is 3. The Labute approximate surface area is 825 Å². The number of allylic oxidation sites excluding steroid dienone is 5. The Bertz CT molecular complexity index is 2550. The van der Waals surface area contributed by atoms with Crippen LogP contribution in [0, 0.1) is 0 Å². The Morgan fingerprint density at radius 3 is 1.11 bits per heavy atom. The molecule has 2 atom stereocenters. The molecule has 774 valence electrons. The van der Waals surface area contributed by atoms with E-state index in [4.69, 9.17) is 18.9 Å². The predicted molar refractivity (Wildman–Crippen MR) is 607 cm³/mol. The molecule has 12 aliphatic heterocycles. The number of thioether (sulfide) groups is 3. The maximum absolute atomic E-state index is 11.4. The molecule has 0 N–H and O–H groups in total. The number of likely N-dealkylation sites (tertiary alicyclic amines) is 2. The zero-order valence-electron chi connectivity index (χ0n) is 93.2. The maximum Gasteiger partial charge on any atom is 0.118 e. The lowest BCUT2D eigenvalue weighted by atomic mass is 10.1. The molecule has 0 aromatic heterocycles. The number of hydrogen-bond acceptors (Lipinski definition) is 22. The SMILES string of the molecule is C=C1CCCCCN1C.C=C1CCCCN1C.C=C1CCN(C)CN1C.C=C1CCOCCN1C.C=C1CCOCN1C.C=C1CCS(=C)(=O)CN1C.C=C1CCS(=C)CN1C.C=C1CCSCN1C.C=C1COCCCN1C.C=C1COCCN1C.C=C1CSCCCN1C.C=C1SCN(C)CN1C.CC.CC.CC.CC.CC.CC.CC.CC.CC.CC.CC.CC. The van der Waals surface area contributed by atoms with Gasteiger partial charge in [-0.15, -0.1) is 11.8 Å². The van der Waals surface area contributed by atoms with E-state index >= 15 is 0 Å². The second-order valence-electron chi connectivity index (χ2n) is 28.9. The molecule has 12 heterocycles. The molecule has 2 unspecified atom stereocenters. The van der Waals surface area contributed by atoms with Crippen LogP contribution < -0.4 is 0 Å². The van der Waals surface area contributed by atoms with Gasteiger partial charge in [-0.3, -0.25) is 14.0 Å². The van der Waals surface area contributed by atoms with Gasteiger partial charge in [-0.25, -0.2) is 0 Å². The fourth-order valence-electron chi connectivity index (χ4n) is 10.5. The van der Waals surface area contributed by atoms with Gasteiger partial charge in [0.2, 0.25) is 0 Å². The predicted octanol–water partition coefficient (Wildman–Crippen LogP) is 25.7. The second-order valence-corrected chi connectivity index (χ2v) is 36.6. The maximum atomic E-state index is 11.4. The quantitative estimate of drug-likeness (QED) is 0.215. The molecule has 0 spiro atoms. The lowest BCUT2D eigenvalue weighted by Gasteiger charge is -2.33. The molecule has 12 rings (SSSR count). The summed E-state index contributed by atoms with van der Waals surface area (Å²) in [5.74, 6) is 17.2. The summed E-state index contributed by atoms with van der Waals surface area (Å²) in [5.41, 5.74) is 13.3. The van der Waals surface area contributed by atoms with Crippen LogP contribution in [0.5, 0.6) is 0 Å². The Hall–Kier alpha value is -4.47. The molecular formula is C105H224N14O5S5. The van der Waals surface area contributed by atoms with E-state index in [0.29, 0.717) is 42.1 Å². The highest BCUT2D eigenvalue weighted by molar-refractivity contribution is 8.14. The van der Waals surface area contributed by atoms with E-state index in [1.165, 1.54) is 145 Å². The number of nitrogens with zero attached hydrogens (tertiary/aromatic N) is 14. The van der Waals surface area contributed by atoms with Gasteiger partial charge < -0.3 is 77.7 Å². The van der Waals surface area contributed by atoms with Crippen molar-refractivity contribution in [1.29, 1.82) is 0 Å². The summed E-state index contributed by atoms with van der Waals surface area (Å²) in [6.07, 6.45) is 17.8. The summed E-state index contributed by atoms with van der Waals surface area (Å²) < 4.78 is 32.1. The molecular weight excluding hydrogens is 1700 g/mol. The van der Waals surface area contributed by atoms with Gasteiger partial charge in [0.25, 0.3) is 0 Å². The number of ether oxygens (including phenoxy) is 4. The Balaban J connectivity index is -0.000000113. The van der Waals surface area contributed by atoms with Crippen molar-refractivity contribution >= 4 is 67.0 Å². The van der Waals surface area contributed by atoms with E-state index in [2.05, 4.69) is 227 Å². The van der Waals surface area contributed by atoms with E-state index in [1.807, 2.05) is 221 Å². The van der Waals surface area contributed by atoms with Crippen molar-refractivity contribution in [3.8, 4) is 0 Å². The summed E-state index contributed by atoms with van der Waals surface area (Å²) in [6, 6.07) is 0. The molecule has 12 fully saturated rings. The van der Waals surface area contributed by atoms with Gasteiger partial charge in [0.1, 0.15) is 6.73 Å². The minimum absolute atomic E-state index is 0.374. The van der Waals surface area contributed by atoms with E-state index < -0.39 is 9.52 Å². The van der Waals surface area contributed by atoms with Crippen molar-refractivity contribution in [2.45, 2.75) is 262 Å². The van der Waals surface area contributed by atoms with Crippen LogP contribution in [0.15, 0.2) is 147 Å². The summed E-state index contributed by atoms with van der Waals surface area (Å²) >= 11 is 5.75. The van der Waals surface area contributed by atoms with Crippen molar-refractivity contribution < 1.29 is 23.2 Å². The van der Waals surface area contributed by atoms with E-state index in [9.17, 15) is 4.21 Å². The third kappa shape index (κ3) is 91.1. The molecule has 0 bridgehead atoms. The number of piperidine rings is 1. The highest BCUT2D eigenvalue weighted by Crippen LogP contribution is 2.25. The summed E-state index contributed by atoms with van der Waals surface area (Å²) in [7, 11) is 27.5. The molecule has 0 aromatic rings. The summed E-state index contributed by atoms with van der Waals surface area (Å²) in [6.45, 7) is 111. The van der Waals surface area contributed by atoms with Gasteiger partial charge in [0.05, 0.1) is 81.5 Å². The molecule has 0 radical (unpaired) electrons. The van der Waals surface area contributed by atoms with Crippen LogP contribution >= 0.6 is 45.8 Å². The van der Waals surface area contributed by atoms with Crippen LogP contribution in [-0.4, -0.2) is 348 Å². The first kappa shape index (κ1) is 150. The average Bonchev–Trinajstić information content (AvgIpc) is 1.67. The first-order valence-electron chi connectivity index (χ1n) is 49.5. The highest BCUT2D eigenvalue weighted by Gasteiger charge is 2.18. The minimum atomic E-state index is -1.80. The molecule has 19 nitrogen and oxygen atoms in total. The Morgan fingerprint density at radius 2 is 0.690 bits per heavy atom. The van der Waals surface area contributed by atoms with E-state index in [1.54, 1.807) is 11.8 Å². The van der Waals surface area contributed by atoms with E-state index in [-0.39, 0.29) is 0 Å².